The van der Waals surface area contributed by atoms with E-state index in [2.05, 4.69) is 16.9 Å². The number of nitrogens with zero attached hydrogens (tertiary/aromatic N) is 2. The number of benzene rings is 2. The number of H-pyrrole nitrogens is 1. The predicted molar refractivity (Wildman–Crippen MR) is 127 cm³/mol. The van der Waals surface area contributed by atoms with E-state index in [0.29, 0.717) is 23.2 Å². The Morgan fingerprint density at radius 1 is 1.18 bits per heavy atom. The number of aryl methyl sites for hydroxylation is 1. The number of likely N-dealkylation sites (tertiary alicyclic amines) is 1. The van der Waals surface area contributed by atoms with Gasteiger partial charge in [0.15, 0.2) is 0 Å². The number of aromatic amines is 1. The number of aromatic nitrogens is 2. The van der Waals surface area contributed by atoms with Gasteiger partial charge in [-0.25, -0.2) is 4.98 Å². The Balaban J connectivity index is 1.56. The van der Waals surface area contributed by atoms with Gasteiger partial charge >= 0.3 is 5.97 Å². The molecule has 4 rings (SSSR count). The quantitative estimate of drug-likeness (QED) is 0.512. The summed E-state index contributed by atoms with van der Waals surface area (Å²) in [5, 5.41) is 0.489. The molecular formula is C26H29N3O5. The van der Waals surface area contributed by atoms with Crippen molar-refractivity contribution < 1.29 is 19.1 Å². The van der Waals surface area contributed by atoms with Gasteiger partial charge < -0.3 is 19.4 Å². The van der Waals surface area contributed by atoms with Crippen molar-refractivity contribution in [2.24, 2.45) is 5.92 Å². The molecule has 2 heterocycles. The van der Waals surface area contributed by atoms with Crippen molar-refractivity contribution in [3.63, 3.8) is 0 Å². The maximum atomic E-state index is 13.2. The van der Waals surface area contributed by atoms with Crippen LogP contribution in [-0.4, -0.2) is 40.4 Å². The van der Waals surface area contributed by atoms with E-state index in [0.717, 1.165) is 24.0 Å². The van der Waals surface area contributed by atoms with E-state index >= 15 is 0 Å². The number of unbranched alkanes of at least 4 members (excludes halogenated alkanes) is 1. The number of carbonyl (C=O) groups is 2. The fourth-order valence-corrected chi connectivity index (χ4v) is 4.47. The van der Waals surface area contributed by atoms with Crippen LogP contribution in [-0.2, 0) is 20.9 Å². The second kappa shape index (κ2) is 10.1. The Hall–Kier alpha value is -3.68. The molecule has 2 atom stereocenters. The molecule has 0 bridgehead atoms. The molecule has 8 heteroatoms. The summed E-state index contributed by atoms with van der Waals surface area (Å²) >= 11 is 0. The lowest BCUT2D eigenvalue weighted by molar-refractivity contribution is -0.151. The van der Waals surface area contributed by atoms with Crippen LogP contribution in [0.4, 0.5) is 0 Å². The molecule has 1 aromatic heterocycles. The summed E-state index contributed by atoms with van der Waals surface area (Å²) in [4.78, 5) is 47.4. The van der Waals surface area contributed by atoms with E-state index in [4.69, 9.17) is 9.47 Å². The first-order valence-corrected chi connectivity index (χ1v) is 11.5. The fourth-order valence-electron chi connectivity index (χ4n) is 4.47. The number of esters is 1. The van der Waals surface area contributed by atoms with Crippen LogP contribution in [0.25, 0.3) is 10.9 Å². The van der Waals surface area contributed by atoms with Crippen LogP contribution in [0.1, 0.15) is 49.2 Å². The molecule has 1 aliphatic rings. The zero-order chi connectivity index (χ0) is 24.2. The van der Waals surface area contributed by atoms with Gasteiger partial charge in [-0.2, -0.15) is 0 Å². The number of amides is 1. The van der Waals surface area contributed by atoms with Gasteiger partial charge in [0, 0.05) is 13.0 Å². The predicted octanol–water partition coefficient (Wildman–Crippen LogP) is 3.67. The topological polar surface area (TPSA) is 102 Å². The van der Waals surface area contributed by atoms with Crippen molar-refractivity contribution in [3.05, 3.63) is 69.8 Å². The number of fused-ring (bicyclic) bond motifs is 1. The SMILES string of the molecule is CCCCN1C(=O)C[C@@H](C(=O)OCc2nc3c(C)cccc3c(=O)[nH]2)[C@H]1c1ccc(OC)cc1. The Labute approximate surface area is 197 Å². The van der Waals surface area contributed by atoms with Crippen LogP contribution in [0.15, 0.2) is 47.3 Å². The average Bonchev–Trinajstić information content (AvgIpc) is 3.18. The first-order valence-electron chi connectivity index (χ1n) is 11.5. The third-order valence-electron chi connectivity index (χ3n) is 6.28. The highest BCUT2D eigenvalue weighted by atomic mass is 16.5. The molecule has 3 aromatic rings. The molecule has 1 aliphatic heterocycles. The van der Waals surface area contributed by atoms with Crippen molar-refractivity contribution in [3.8, 4) is 5.75 Å². The van der Waals surface area contributed by atoms with E-state index in [-0.39, 0.29) is 30.3 Å². The third kappa shape index (κ3) is 4.66. The first kappa shape index (κ1) is 23.5. The van der Waals surface area contributed by atoms with Crippen LogP contribution in [0.5, 0.6) is 5.75 Å². The van der Waals surface area contributed by atoms with Crippen molar-refractivity contribution in [2.75, 3.05) is 13.7 Å². The third-order valence-corrected chi connectivity index (χ3v) is 6.28. The minimum atomic E-state index is -0.647. The molecule has 1 N–H and O–H groups in total. The summed E-state index contributed by atoms with van der Waals surface area (Å²) in [6, 6.07) is 12.4. The van der Waals surface area contributed by atoms with Crippen LogP contribution in [0.3, 0.4) is 0 Å². The van der Waals surface area contributed by atoms with Gasteiger partial charge in [-0.1, -0.05) is 37.6 Å². The van der Waals surface area contributed by atoms with Crippen LogP contribution in [0.2, 0.25) is 0 Å². The second-order valence-corrected chi connectivity index (χ2v) is 8.56. The maximum Gasteiger partial charge on any atom is 0.312 e. The molecule has 0 saturated carbocycles. The molecule has 1 saturated heterocycles. The van der Waals surface area contributed by atoms with Gasteiger partial charge in [-0.05, 0) is 42.7 Å². The molecule has 178 valence electrons. The van der Waals surface area contributed by atoms with Crippen LogP contribution >= 0.6 is 0 Å². The summed E-state index contributed by atoms with van der Waals surface area (Å²) in [5.74, 6) is -0.223. The number of methoxy groups -OCH3 is 1. The number of hydrogen-bond acceptors (Lipinski definition) is 6. The van der Waals surface area contributed by atoms with Crippen molar-refractivity contribution in [1.29, 1.82) is 0 Å². The molecule has 1 fully saturated rings. The highest BCUT2D eigenvalue weighted by molar-refractivity contribution is 5.88. The number of hydrogen-bond donors (Lipinski definition) is 1. The van der Waals surface area contributed by atoms with Crippen LogP contribution < -0.4 is 10.3 Å². The van der Waals surface area contributed by atoms with E-state index in [9.17, 15) is 14.4 Å². The monoisotopic (exact) mass is 463 g/mol. The van der Waals surface area contributed by atoms with Crippen LogP contribution in [0, 0.1) is 12.8 Å². The highest BCUT2D eigenvalue weighted by Crippen LogP contribution is 2.39. The van der Waals surface area contributed by atoms with Gasteiger partial charge in [-0.15, -0.1) is 0 Å². The first-order chi connectivity index (χ1) is 16.4. The maximum absolute atomic E-state index is 13.2. The van der Waals surface area contributed by atoms with Gasteiger partial charge in [0.05, 0.1) is 30.0 Å². The molecular weight excluding hydrogens is 434 g/mol. The van der Waals surface area contributed by atoms with E-state index in [1.165, 1.54) is 0 Å². The lowest BCUT2D eigenvalue weighted by atomic mass is 9.93. The molecule has 0 unspecified atom stereocenters. The second-order valence-electron chi connectivity index (χ2n) is 8.56. The number of para-hydroxylation sites is 1. The Bertz CT molecular complexity index is 1250. The smallest absolute Gasteiger partial charge is 0.312 e. The molecule has 0 spiro atoms. The molecule has 2 aromatic carbocycles. The summed E-state index contributed by atoms with van der Waals surface area (Å²) in [6.07, 6.45) is 1.87. The largest absolute Gasteiger partial charge is 0.497 e. The van der Waals surface area contributed by atoms with Crippen molar-refractivity contribution in [2.45, 2.75) is 45.8 Å². The van der Waals surface area contributed by atoms with Gasteiger partial charge in [0.25, 0.3) is 5.56 Å². The summed E-state index contributed by atoms with van der Waals surface area (Å²) in [5.41, 5.74) is 2.02. The van der Waals surface area contributed by atoms with E-state index in [1.807, 2.05) is 37.3 Å². The van der Waals surface area contributed by atoms with E-state index in [1.54, 1.807) is 24.1 Å². The molecule has 0 aliphatic carbocycles. The fraction of sp³-hybridized carbons (Fsp3) is 0.385. The number of rotatable bonds is 8. The zero-order valence-corrected chi connectivity index (χ0v) is 19.7. The van der Waals surface area contributed by atoms with E-state index < -0.39 is 17.9 Å². The molecule has 8 nitrogen and oxygen atoms in total. The lowest BCUT2D eigenvalue weighted by Gasteiger charge is -2.28. The average molecular weight is 464 g/mol. The number of carbonyl (C=O) groups excluding carboxylic acids is 2. The lowest BCUT2D eigenvalue weighted by Crippen LogP contribution is -2.32. The van der Waals surface area contributed by atoms with Gasteiger partial charge in [0.2, 0.25) is 5.91 Å². The van der Waals surface area contributed by atoms with Gasteiger partial charge in [-0.3, -0.25) is 14.4 Å². The molecule has 1 amide bonds. The Kier molecular flexibility index (Phi) is 6.95. The standard InChI is InChI=1S/C26H29N3O5/c1-4-5-13-29-22(30)14-20(24(29)17-9-11-18(33-3)12-10-17)26(32)34-15-21-27-23-16(2)7-6-8-19(23)25(31)28-21/h6-12,20,24H,4-5,13-15H2,1-3H3,(H,27,28,31)/t20-,24-/m1/s1. The summed E-state index contributed by atoms with van der Waals surface area (Å²) in [6.45, 7) is 4.34. The highest BCUT2D eigenvalue weighted by Gasteiger charge is 2.45. The minimum Gasteiger partial charge on any atom is -0.497 e. The summed E-state index contributed by atoms with van der Waals surface area (Å²) < 4.78 is 10.8. The zero-order valence-electron chi connectivity index (χ0n) is 19.7. The Morgan fingerprint density at radius 3 is 2.65 bits per heavy atom. The van der Waals surface area contributed by atoms with Gasteiger partial charge in [0.1, 0.15) is 18.2 Å². The Morgan fingerprint density at radius 2 is 1.94 bits per heavy atom. The molecule has 0 radical (unpaired) electrons. The minimum absolute atomic E-state index is 0.0657. The number of nitrogens with one attached hydrogen (secondary N) is 1. The molecule has 34 heavy (non-hydrogen) atoms. The number of ether oxygens (including phenoxy) is 2. The van der Waals surface area contributed by atoms with Crippen molar-refractivity contribution >= 4 is 22.8 Å². The van der Waals surface area contributed by atoms with Crippen molar-refractivity contribution in [1.82, 2.24) is 14.9 Å². The normalized spacial score (nSPS) is 17.9. The summed E-state index contributed by atoms with van der Waals surface area (Å²) in [7, 11) is 1.59.